The highest BCUT2D eigenvalue weighted by molar-refractivity contribution is 7.03. The smallest absolute Gasteiger partial charge is 0.174 e. The van der Waals surface area contributed by atoms with Crippen molar-refractivity contribution in [3.05, 3.63) is 48.2 Å². The molecule has 0 amide bonds. The fraction of sp³-hybridized carbons (Fsp3) is 0. The van der Waals surface area contributed by atoms with Gasteiger partial charge in [0.05, 0.1) is 11.0 Å². The first kappa shape index (κ1) is 8.90. The van der Waals surface area contributed by atoms with Crippen molar-refractivity contribution in [3.63, 3.8) is 0 Å². The minimum Gasteiger partial charge on any atom is -0.335 e. The van der Waals surface area contributed by atoms with E-state index < -0.39 is 0 Å². The summed E-state index contributed by atoms with van der Waals surface area (Å²) < 4.78 is 3.64. The molecule has 14 heavy (non-hydrogen) atoms. The number of rotatable bonds is 0. The standard InChI is InChI=1S/C7H5N2.C3H2NS/c1-2-4-7-6(3-1)8-5-9-7;1-2-4-5-3-1/h1-4H,(H,8,9);1,3H. The van der Waals surface area contributed by atoms with E-state index in [1.165, 1.54) is 11.5 Å². The number of benzene rings is 1. The molecule has 0 aliphatic rings. The lowest BCUT2D eigenvalue weighted by Gasteiger charge is -1.81. The topological polar surface area (TPSA) is 41.6 Å². The molecule has 0 spiro atoms. The molecule has 1 aromatic carbocycles. The van der Waals surface area contributed by atoms with Gasteiger partial charge in [0.25, 0.3) is 0 Å². The van der Waals surface area contributed by atoms with Gasteiger partial charge in [0.1, 0.15) is 6.20 Å². The second-order valence-electron chi connectivity index (χ2n) is 2.49. The molecule has 3 rings (SSSR count). The van der Waals surface area contributed by atoms with Crippen LogP contribution < -0.4 is 0 Å². The van der Waals surface area contributed by atoms with Gasteiger partial charge in [-0.25, -0.2) is 4.98 Å². The molecule has 0 bridgehead atoms. The number of hydrogen-bond acceptors (Lipinski definition) is 3. The normalized spacial score (nSPS) is 9.43. The summed E-state index contributed by atoms with van der Waals surface area (Å²) in [4.78, 5) is 6.82. The van der Waals surface area contributed by atoms with Crippen LogP contribution in [-0.2, 0) is 0 Å². The SMILES string of the molecule is [c]1ccsn1.[c]1nc2ccccc2[nH]1. The second kappa shape index (κ2) is 4.53. The molecule has 0 saturated carbocycles. The van der Waals surface area contributed by atoms with Gasteiger partial charge in [0, 0.05) is 5.38 Å². The Morgan fingerprint density at radius 1 is 1.29 bits per heavy atom. The maximum absolute atomic E-state index is 3.94. The molecule has 68 valence electrons. The number of nitrogens with zero attached hydrogens (tertiary/aromatic N) is 2. The van der Waals surface area contributed by atoms with Gasteiger partial charge in [0.15, 0.2) is 6.33 Å². The Kier molecular flexibility index (Phi) is 2.88. The summed E-state index contributed by atoms with van der Waals surface area (Å²) in [5, 5.41) is 1.88. The molecule has 0 unspecified atom stereocenters. The third-order valence-electron chi connectivity index (χ3n) is 1.58. The van der Waals surface area contributed by atoms with Crippen LogP contribution in [0.3, 0.4) is 0 Å². The first-order chi connectivity index (χ1) is 6.97. The Morgan fingerprint density at radius 2 is 2.21 bits per heavy atom. The number of aromatic amines is 1. The molecule has 2 radical (unpaired) electrons. The maximum atomic E-state index is 3.94. The molecule has 1 N–H and O–H groups in total. The predicted molar refractivity (Wildman–Crippen MR) is 55.9 cm³/mol. The van der Waals surface area contributed by atoms with Gasteiger partial charge in [-0.1, -0.05) is 12.1 Å². The number of nitrogens with one attached hydrogen (secondary N) is 1. The Bertz CT molecular complexity index is 425. The van der Waals surface area contributed by atoms with Crippen molar-refractivity contribution >= 4 is 22.6 Å². The summed E-state index contributed by atoms with van der Waals surface area (Å²) in [7, 11) is 0. The van der Waals surface area contributed by atoms with E-state index in [0.29, 0.717) is 0 Å². The van der Waals surface area contributed by atoms with Crippen LogP contribution >= 0.6 is 11.5 Å². The van der Waals surface area contributed by atoms with E-state index in [1.807, 2.05) is 29.6 Å². The lowest BCUT2D eigenvalue weighted by Crippen LogP contribution is -1.63. The van der Waals surface area contributed by atoms with Crippen molar-refractivity contribution in [3.8, 4) is 0 Å². The molecule has 0 aliphatic heterocycles. The van der Waals surface area contributed by atoms with Gasteiger partial charge in [-0.05, 0) is 29.7 Å². The number of para-hydroxylation sites is 2. The van der Waals surface area contributed by atoms with E-state index in [0.717, 1.165) is 11.0 Å². The summed E-state index contributed by atoms with van der Waals surface area (Å²) in [6, 6.07) is 9.62. The van der Waals surface area contributed by atoms with Crippen molar-refractivity contribution < 1.29 is 0 Å². The molecular formula is C10H7N3S. The van der Waals surface area contributed by atoms with Crippen LogP contribution in [0.15, 0.2) is 35.7 Å². The monoisotopic (exact) mass is 201 g/mol. The Morgan fingerprint density at radius 3 is 2.86 bits per heavy atom. The molecule has 0 fully saturated rings. The van der Waals surface area contributed by atoms with Gasteiger partial charge in [0.2, 0.25) is 0 Å². The van der Waals surface area contributed by atoms with Crippen molar-refractivity contribution in [1.82, 2.24) is 14.3 Å². The average molecular weight is 201 g/mol. The van der Waals surface area contributed by atoms with E-state index in [-0.39, 0.29) is 0 Å². The molecular weight excluding hydrogens is 194 g/mol. The Hall–Kier alpha value is -1.68. The number of imidazole rings is 1. The van der Waals surface area contributed by atoms with Crippen LogP contribution in [0.2, 0.25) is 0 Å². The lowest BCUT2D eigenvalue weighted by atomic mass is 10.3. The van der Waals surface area contributed by atoms with E-state index in [9.17, 15) is 0 Å². The van der Waals surface area contributed by atoms with Crippen LogP contribution in [0.1, 0.15) is 0 Å². The number of H-pyrrole nitrogens is 1. The molecule has 3 nitrogen and oxygen atoms in total. The Labute approximate surface area is 85.6 Å². The fourth-order valence-electron chi connectivity index (χ4n) is 0.977. The summed E-state index contributed by atoms with van der Waals surface area (Å²) in [6.07, 6.45) is 5.29. The Balaban J connectivity index is 0.000000128. The van der Waals surface area contributed by atoms with Crippen molar-refractivity contribution in [2.24, 2.45) is 0 Å². The van der Waals surface area contributed by atoms with Crippen LogP contribution in [0.5, 0.6) is 0 Å². The summed E-state index contributed by atoms with van der Waals surface area (Å²) in [5.41, 5.74) is 2.01. The molecule has 4 heteroatoms. The number of fused-ring (bicyclic) bond motifs is 1. The average Bonchev–Trinajstić information content (AvgIpc) is 2.92. The largest absolute Gasteiger partial charge is 0.335 e. The van der Waals surface area contributed by atoms with Crippen molar-refractivity contribution in [2.75, 3.05) is 0 Å². The minimum absolute atomic E-state index is 0.970. The van der Waals surface area contributed by atoms with E-state index in [1.54, 1.807) is 6.07 Å². The third kappa shape index (κ3) is 2.17. The van der Waals surface area contributed by atoms with E-state index in [4.69, 9.17) is 0 Å². The highest BCUT2D eigenvalue weighted by atomic mass is 32.1. The number of aromatic nitrogens is 3. The summed E-state index contributed by atoms with van der Waals surface area (Å²) in [6.45, 7) is 0. The first-order valence-electron chi connectivity index (χ1n) is 4.04. The van der Waals surface area contributed by atoms with Crippen LogP contribution in [0.4, 0.5) is 0 Å². The van der Waals surface area contributed by atoms with Crippen LogP contribution in [-0.4, -0.2) is 14.3 Å². The number of hydrogen-bond donors (Lipinski definition) is 1. The van der Waals surface area contributed by atoms with Crippen LogP contribution in [0, 0.1) is 12.5 Å². The van der Waals surface area contributed by atoms with Gasteiger partial charge in [-0.15, -0.1) is 0 Å². The van der Waals surface area contributed by atoms with Gasteiger partial charge < -0.3 is 4.98 Å². The molecule has 2 heterocycles. The quantitative estimate of drug-likeness (QED) is 0.606. The summed E-state index contributed by atoms with van der Waals surface area (Å²) in [5.74, 6) is 0. The van der Waals surface area contributed by atoms with E-state index >= 15 is 0 Å². The molecule has 3 aromatic rings. The van der Waals surface area contributed by atoms with Crippen molar-refractivity contribution in [2.45, 2.75) is 0 Å². The maximum Gasteiger partial charge on any atom is 0.174 e. The van der Waals surface area contributed by atoms with Crippen molar-refractivity contribution in [1.29, 1.82) is 0 Å². The third-order valence-corrected chi connectivity index (χ3v) is 2.05. The first-order valence-corrected chi connectivity index (χ1v) is 4.88. The van der Waals surface area contributed by atoms with Gasteiger partial charge in [-0.2, -0.15) is 4.37 Å². The molecule has 0 saturated heterocycles. The highest BCUT2D eigenvalue weighted by Crippen LogP contribution is 2.04. The lowest BCUT2D eigenvalue weighted by molar-refractivity contribution is 1.32. The van der Waals surface area contributed by atoms with Gasteiger partial charge in [-0.3, -0.25) is 0 Å². The zero-order chi connectivity index (χ0) is 9.64. The van der Waals surface area contributed by atoms with Gasteiger partial charge >= 0.3 is 0 Å². The zero-order valence-corrected chi connectivity index (χ0v) is 8.08. The molecule has 0 atom stereocenters. The second-order valence-corrected chi connectivity index (χ2v) is 3.16. The minimum atomic E-state index is 0.970. The predicted octanol–water partition coefficient (Wildman–Crippen LogP) is 2.31. The highest BCUT2D eigenvalue weighted by Gasteiger charge is 1.89. The van der Waals surface area contributed by atoms with Crippen LogP contribution in [0.25, 0.3) is 11.0 Å². The summed E-state index contributed by atoms with van der Waals surface area (Å²) >= 11 is 1.41. The van der Waals surface area contributed by atoms with E-state index in [2.05, 4.69) is 26.9 Å². The zero-order valence-electron chi connectivity index (χ0n) is 7.27. The fourth-order valence-corrected chi connectivity index (χ4v) is 1.28. The molecule has 0 aliphatic carbocycles. The molecule has 2 aromatic heterocycles.